The summed E-state index contributed by atoms with van der Waals surface area (Å²) in [6.07, 6.45) is 14.1. The first-order valence-corrected chi connectivity index (χ1v) is 7.15. The number of aliphatic imine (C=N–C) groups is 2. The molecule has 2 rings (SSSR count). The van der Waals surface area contributed by atoms with Crippen molar-refractivity contribution in [3.05, 3.63) is 11.6 Å². The zero-order valence-corrected chi connectivity index (χ0v) is 11.2. The van der Waals surface area contributed by atoms with E-state index < -0.39 is 0 Å². The minimum atomic E-state index is 0.147. The number of rotatable bonds is 3. The van der Waals surface area contributed by atoms with Crippen LogP contribution in [0.4, 0.5) is 0 Å². The monoisotopic (exact) mass is 260 g/mol. The molecule has 1 unspecified atom stereocenters. The molecule has 4 heteroatoms. The Morgan fingerprint density at radius 2 is 1.63 bits per heavy atom. The summed E-state index contributed by atoms with van der Waals surface area (Å²) in [7, 11) is 0. The number of hydrogen-bond acceptors (Lipinski definition) is 4. The SMILES string of the molecule is O=C=NC1CCC(C=C2CCCC(N=C=O)C2)CC1. The van der Waals surface area contributed by atoms with Gasteiger partial charge in [0.2, 0.25) is 12.2 Å². The van der Waals surface area contributed by atoms with Crippen molar-refractivity contribution in [2.75, 3.05) is 0 Å². The minimum absolute atomic E-state index is 0.147. The van der Waals surface area contributed by atoms with Gasteiger partial charge in [0.25, 0.3) is 0 Å². The second-order valence-corrected chi connectivity index (χ2v) is 5.58. The molecule has 0 aromatic rings. The maximum Gasteiger partial charge on any atom is 0.235 e. The van der Waals surface area contributed by atoms with E-state index in [-0.39, 0.29) is 12.1 Å². The van der Waals surface area contributed by atoms with E-state index in [9.17, 15) is 9.59 Å². The molecule has 1 atom stereocenters. The van der Waals surface area contributed by atoms with Crippen LogP contribution in [-0.2, 0) is 9.59 Å². The van der Waals surface area contributed by atoms with Crippen LogP contribution in [-0.4, -0.2) is 24.2 Å². The normalized spacial score (nSPS) is 33.3. The molecule has 2 saturated carbocycles. The molecule has 0 aliphatic heterocycles. The van der Waals surface area contributed by atoms with E-state index in [1.54, 1.807) is 12.2 Å². The molecule has 0 bridgehead atoms. The molecule has 19 heavy (non-hydrogen) atoms. The third-order valence-corrected chi connectivity index (χ3v) is 4.22. The van der Waals surface area contributed by atoms with Gasteiger partial charge in [-0.15, -0.1) is 0 Å². The van der Waals surface area contributed by atoms with Crippen LogP contribution in [0.5, 0.6) is 0 Å². The first-order valence-electron chi connectivity index (χ1n) is 7.15. The molecule has 4 nitrogen and oxygen atoms in total. The summed E-state index contributed by atoms with van der Waals surface area (Å²) in [6.45, 7) is 0. The van der Waals surface area contributed by atoms with Crippen molar-refractivity contribution in [2.45, 2.75) is 63.5 Å². The van der Waals surface area contributed by atoms with Crippen LogP contribution >= 0.6 is 0 Å². The fourth-order valence-corrected chi connectivity index (χ4v) is 3.21. The van der Waals surface area contributed by atoms with E-state index in [2.05, 4.69) is 16.1 Å². The van der Waals surface area contributed by atoms with Gasteiger partial charge in [-0.1, -0.05) is 11.6 Å². The smallest absolute Gasteiger partial charge is 0.211 e. The van der Waals surface area contributed by atoms with Crippen molar-refractivity contribution in [3.63, 3.8) is 0 Å². The zero-order chi connectivity index (χ0) is 13.5. The summed E-state index contributed by atoms with van der Waals surface area (Å²) in [5, 5.41) is 0. The van der Waals surface area contributed by atoms with Crippen LogP contribution in [0, 0.1) is 5.92 Å². The highest BCUT2D eigenvalue weighted by Crippen LogP contribution is 2.32. The number of hydrogen-bond donors (Lipinski definition) is 0. The number of allylic oxidation sites excluding steroid dienone is 1. The largest absolute Gasteiger partial charge is 0.235 e. The fourth-order valence-electron chi connectivity index (χ4n) is 3.21. The molecule has 0 spiro atoms. The summed E-state index contributed by atoms with van der Waals surface area (Å²) in [5.41, 5.74) is 1.44. The van der Waals surface area contributed by atoms with Crippen molar-refractivity contribution in [1.82, 2.24) is 0 Å². The second kappa shape index (κ2) is 7.18. The third-order valence-electron chi connectivity index (χ3n) is 4.22. The molecular weight excluding hydrogens is 240 g/mol. The molecular formula is C15H20N2O2. The average Bonchev–Trinajstić information content (AvgIpc) is 2.42. The maximum absolute atomic E-state index is 10.3. The van der Waals surface area contributed by atoms with Crippen LogP contribution in [0.25, 0.3) is 0 Å². The van der Waals surface area contributed by atoms with Crippen LogP contribution in [0.1, 0.15) is 51.4 Å². The molecule has 0 radical (unpaired) electrons. The summed E-state index contributed by atoms with van der Waals surface area (Å²) >= 11 is 0. The molecule has 0 aromatic heterocycles. The molecule has 102 valence electrons. The molecule has 0 saturated heterocycles. The van der Waals surface area contributed by atoms with Crippen LogP contribution in [0.15, 0.2) is 21.6 Å². The lowest BCUT2D eigenvalue weighted by Crippen LogP contribution is -2.17. The summed E-state index contributed by atoms with van der Waals surface area (Å²) in [4.78, 5) is 28.2. The maximum atomic E-state index is 10.3. The standard InChI is InChI=1S/C15H20N2O2/c18-10-16-14-6-4-12(5-7-14)8-13-2-1-3-15(9-13)17-11-19/h8,12,14-15H,1-7,9H2. The Morgan fingerprint density at radius 3 is 2.32 bits per heavy atom. The highest BCUT2D eigenvalue weighted by atomic mass is 16.1. The van der Waals surface area contributed by atoms with Gasteiger partial charge in [-0.3, -0.25) is 0 Å². The Hall–Kier alpha value is -1.50. The van der Waals surface area contributed by atoms with Gasteiger partial charge in [-0.05, 0) is 57.3 Å². The quantitative estimate of drug-likeness (QED) is 0.445. The van der Waals surface area contributed by atoms with Crippen molar-refractivity contribution in [3.8, 4) is 0 Å². The van der Waals surface area contributed by atoms with E-state index in [4.69, 9.17) is 0 Å². The van der Waals surface area contributed by atoms with Gasteiger partial charge in [0.15, 0.2) is 0 Å². The van der Waals surface area contributed by atoms with Gasteiger partial charge in [0, 0.05) is 0 Å². The summed E-state index contributed by atoms with van der Waals surface area (Å²) in [6, 6.07) is 0.333. The Balaban J connectivity index is 1.87. The van der Waals surface area contributed by atoms with E-state index in [1.807, 2.05) is 0 Å². The first kappa shape index (κ1) is 13.9. The predicted molar refractivity (Wildman–Crippen MR) is 72.3 cm³/mol. The highest BCUT2D eigenvalue weighted by Gasteiger charge is 2.21. The van der Waals surface area contributed by atoms with Crippen molar-refractivity contribution in [1.29, 1.82) is 0 Å². The molecule has 0 amide bonds. The predicted octanol–water partition coefficient (Wildman–Crippen LogP) is 3.09. The van der Waals surface area contributed by atoms with Gasteiger partial charge < -0.3 is 0 Å². The zero-order valence-electron chi connectivity index (χ0n) is 11.2. The summed E-state index contributed by atoms with van der Waals surface area (Å²) in [5.74, 6) is 0.604. The topological polar surface area (TPSA) is 58.9 Å². The lowest BCUT2D eigenvalue weighted by Gasteiger charge is -2.26. The second-order valence-electron chi connectivity index (χ2n) is 5.58. The van der Waals surface area contributed by atoms with Crippen molar-refractivity contribution >= 4 is 12.2 Å². The van der Waals surface area contributed by atoms with Gasteiger partial charge in [-0.25, -0.2) is 19.6 Å². The van der Waals surface area contributed by atoms with Crippen molar-refractivity contribution < 1.29 is 9.59 Å². The number of carbonyl (C=O) groups excluding carboxylic acids is 2. The number of nitrogens with zero attached hydrogens (tertiary/aromatic N) is 2. The van der Waals surface area contributed by atoms with Gasteiger partial charge >= 0.3 is 0 Å². The fraction of sp³-hybridized carbons (Fsp3) is 0.733. The van der Waals surface area contributed by atoms with Gasteiger partial charge in [0.05, 0.1) is 12.1 Å². The molecule has 2 aliphatic rings. The van der Waals surface area contributed by atoms with Gasteiger partial charge in [0.1, 0.15) is 0 Å². The third kappa shape index (κ3) is 4.27. The summed E-state index contributed by atoms with van der Waals surface area (Å²) < 4.78 is 0. The van der Waals surface area contributed by atoms with E-state index in [1.165, 1.54) is 5.57 Å². The van der Waals surface area contributed by atoms with Crippen LogP contribution < -0.4 is 0 Å². The van der Waals surface area contributed by atoms with Crippen molar-refractivity contribution in [2.24, 2.45) is 15.9 Å². The van der Waals surface area contributed by atoms with E-state index in [0.29, 0.717) is 5.92 Å². The number of isocyanates is 2. The average molecular weight is 260 g/mol. The molecule has 0 heterocycles. The first-order chi connectivity index (χ1) is 9.31. The Labute approximate surface area is 113 Å². The van der Waals surface area contributed by atoms with Crippen LogP contribution in [0.3, 0.4) is 0 Å². The Kier molecular flexibility index (Phi) is 5.26. The molecule has 0 aromatic carbocycles. The molecule has 2 fully saturated rings. The molecule has 0 N–H and O–H groups in total. The van der Waals surface area contributed by atoms with E-state index >= 15 is 0 Å². The Morgan fingerprint density at radius 1 is 0.947 bits per heavy atom. The van der Waals surface area contributed by atoms with Crippen LogP contribution in [0.2, 0.25) is 0 Å². The van der Waals surface area contributed by atoms with Gasteiger partial charge in [-0.2, -0.15) is 0 Å². The molecule has 2 aliphatic carbocycles. The lowest BCUT2D eigenvalue weighted by molar-refractivity contribution is 0.371. The lowest BCUT2D eigenvalue weighted by atomic mass is 9.82. The minimum Gasteiger partial charge on any atom is -0.211 e. The van der Waals surface area contributed by atoms with E-state index in [0.717, 1.165) is 51.4 Å². The highest BCUT2D eigenvalue weighted by molar-refractivity contribution is 5.34. The Bertz CT molecular complexity index is 423.